The highest BCUT2D eigenvalue weighted by Crippen LogP contribution is 2.21. The summed E-state index contributed by atoms with van der Waals surface area (Å²) in [6.45, 7) is 3.18. The van der Waals surface area contributed by atoms with E-state index in [-0.39, 0.29) is 6.54 Å². The first-order chi connectivity index (χ1) is 6.69. The van der Waals surface area contributed by atoms with Crippen LogP contribution in [0, 0.1) is 0 Å². The van der Waals surface area contributed by atoms with Gasteiger partial charge in [-0.3, -0.25) is 9.79 Å². The minimum absolute atomic E-state index is 0.193. The van der Waals surface area contributed by atoms with Crippen LogP contribution in [0.25, 0.3) is 0 Å². The van der Waals surface area contributed by atoms with E-state index >= 15 is 0 Å². The third-order valence-electron chi connectivity index (χ3n) is 1.93. The van der Waals surface area contributed by atoms with Crippen molar-refractivity contribution < 1.29 is 9.90 Å². The van der Waals surface area contributed by atoms with Gasteiger partial charge in [0, 0.05) is 5.25 Å². The minimum Gasteiger partial charge on any atom is -0.480 e. The number of hydrogen-bond acceptors (Lipinski definition) is 4. The van der Waals surface area contributed by atoms with Crippen LogP contribution >= 0.6 is 24.2 Å². The maximum atomic E-state index is 10.8. The molecule has 0 spiro atoms. The van der Waals surface area contributed by atoms with E-state index in [9.17, 15) is 4.79 Å². The van der Waals surface area contributed by atoms with Crippen molar-refractivity contribution in [2.75, 3.05) is 6.54 Å². The van der Waals surface area contributed by atoms with Gasteiger partial charge in [-0.1, -0.05) is 0 Å². The fourth-order valence-electron chi connectivity index (χ4n) is 0.833. The number of aliphatic imine (C=N–C) groups is 1. The topological polar surface area (TPSA) is 102 Å². The summed E-state index contributed by atoms with van der Waals surface area (Å²) in [6.07, 6.45) is 0. The maximum absolute atomic E-state index is 10.8. The van der Waals surface area contributed by atoms with E-state index in [0.29, 0.717) is 5.84 Å². The number of nitrogens with two attached hydrogens (primary N) is 2. The summed E-state index contributed by atoms with van der Waals surface area (Å²) < 4.78 is 0. The zero-order valence-corrected chi connectivity index (χ0v) is 10.3. The van der Waals surface area contributed by atoms with Crippen LogP contribution in [-0.4, -0.2) is 39.6 Å². The Bertz CT molecular complexity index is 267. The first kappa shape index (κ1) is 14.5. The summed E-state index contributed by atoms with van der Waals surface area (Å²) in [6, 6.07) is 0. The first-order valence-electron chi connectivity index (χ1n) is 4.30. The average Bonchev–Trinajstić information content (AvgIpc) is 2.12. The van der Waals surface area contributed by atoms with Crippen molar-refractivity contribution in [2.45, 2.75) is 30.0 Å². The van der Waals surface area contributed by atoms with Gasteiger partial charge in [-0.05, 0) is 13.8 Å². The summed E-state index contributed by atoms with van der Waals surface area (Å²) in [5.41, 5.74) is 9.41. The number of hydrogen-bond donors (Lipinski definition) is 4. The molecule has 7 heteroatoms. The average molecular weight is 254 g/mol. The molecule has 0 saturated heterocycles. The number of carbonyl (C=O) groups is 1. The molecule has 0 bridgehead atoms. The normalized spacial score (nSPS) is 20.5. The SMILES string of the molecule is CC(N)=NCC(Cl)C(S)[C@](C)(N)C(=O)O. The second kappa shape index (κ2) is 5.58. The highest BCUT2D eigenvalue weighted by Gasteiger charge is 2.39. The van der Waals surface area contributed by atoms with Crippen molar-refractivity contribution in [1.82, 2.24) is 0 Å². The van der Waals surface area contributed by atoms with Crippen LogP contribution in [0.15, 0.2) is 4.99 Å². The lowest BCUT2D eigenvalue weighted by Gasteiger charge is -2.28. The Kier molecular flexibility index (Phi) is 5.41. The van der Waals surface area contributed by atoms with E-state index in [1.807, 2.05) is 0 Å². The maximum Gasteiger partial charge on any atom is 0.324 e. The van der Waals surface area contributed by atoms with Crippen LogP contribution in [0.3, 0.4) is 0 Å². The van der Waals surface area contributed by atoms with Crippen LogP contribution in [0.2, 0.25) is 0 Å². The first-order valence-corrected chi connectivity index (χ1v) is 5.25. The van der Waals surface area contributed by atoms with Crippen molar-refractivity contribution in [3.63, 3.8) is 0 Å². The molecule has 0 aromatic carbocycles. The number of thiol groups is 1. The third kappa shape index (κ3) is 4.27. The van der Waals surface area contributed by atoms with Crippen LogP contribution in [0.1, 0.15) is 13.8 Å². The second-order valence-electron chi connectivity index (χ2n) is 3.53. The highest BCUT2D eigenvalue weighted by molar-refractivity contribution is 7.81. The zero-order valence-electron chi connectivity index (χ0n) is 8.64. The fourth-order valence-corrected chi connectivity index (χ4v) is 1.37. The third-order valence-corrected chi connectivity index (χ3v) is 3.39. The molecule has 0 aliphatic carbocycles. The molecule has 0 amide bonds. The van der Waals surface area contributed by atoms with Gasteiger partial charge in [-0.2, -0.15) is 12.6 Å². The standard InChI is InChI=1S/C8H16ClN3O2S/c1-4(10)12-3-5(9)6(15)8(2,11)7(13)14/h5-6,15H,3,11H2,1-2H3,(H2,10,12)(H,13,14)/t5?,6?,8-/m0/s1. The number of amidine groups is 1. The molecule has 15 heavy (non-hydrogen) atoms. The molecular formula is C8H16ClN3O2S. The summed E-state index contributed by atoms with van der Waals surface area (Å²) in [7, 11) is 0. The number of aliphatic carboxylic acids is 1. The molecule has 0 aromatic rings. The number of alkyl halides is 1. The molecule has 0 aliphatic heterocycles. The molecule has 0 aliphatic rings. The van der Waals surface area contributed by atoms with Crippen LogP contribution in [-0.2, 0) is 4.79 Å². The quantitative estimate of drug-likeness (QED) is 0.241. The van der Waals surface area contributed by atoms with Crippen molar-refractivity contribution >= 4 is 36.0 Å². The molecule has 0 saturated carbocycles. The Labute approximate surface area is 99.3 Å². The lowest BCUT2D eigenvalue weighted by atomic mass is 9.96. The largest absolute Gasteiger partial charge is 0.480 e. The predicted molar refractivity (Wildman–Crippen MR) is 64.8 cm³/mol. The van der Waals surface area contributed by atoms with E-state index in [1.54, 1.807) is 6.92 Å². The smallest absolute Gasteiger partial charge is 0.324 e. The van der Waals surface area contributed by atoms with E-state index < -0.39 is 22.1 Å². The Hall–Kier alpha value is -0.460. The van der Waals surface area contributed by atoms with Gasteiger partial charge in [-0.15, -0.1) is 11.6 Å². The molecule has 3 atom stereocenters. The van der Waals surface area contributed by atoms with Crippen molar-refractivity contribution in [3.05, 3.63) is 0 Å². The second-order valence-corrected chi connectivity index (χ2v) is 4.65. The zero-order chi connectivity index (χ0) is 12.2. The van der Waals surface area contributed by atoms with Gasteiger partial charge in [0.15, 0.2) is 0 Å². The minimum atomic E-state index is -1.49. The van der Waals surface area contributed by atoms with E-state index in [4.69, 9.17) is 28.2 Å². The number of halogens is 1. The number of carboxylic acids is 1. The van der Waals surface area contributed by atoms with Gasteiger partial charge in [0.1, 0.15) is 5.54 Å². The van der Waals surface area contributed by atoms with Crippen molar-refractivity contribution in [3.8, 4) is 0 Å². The van der Waals surface area contributed by atoms with Crippen LogP contribution in [0.5, 0.6) is 0 Å². The number of rotatable bonds is 5. The molecule has 0 rings (SSSR count). The molecule has 0 radical (unpaired) electrons. The Morgan fingerprint density at radius 2 is 2.20 bits per heavy atom. The summed E-state index contributed by atoms with van der Waals surface area (Å²) >= 11 is 10.0. The van der Waals surface area contributed by atoms with Gasteiger partial charge >= 0.3 is 5.97 Å². The number of nitrogens with zero attached hydrogens (tertiary/aromatic N) is 1. The Balaban J connectivity index is 4.50. The van der Waals surface area contributed by atoms with E-state index in [2.05, 4.69) is 17.6 Å². The monoisotopic (exact) mass is 253 g/mol. The van der Waals surface area contributed by atoms with Crippen LogP contribution < -0.4 is 11.5 Å². The number of carboxylic acid groups (broad SMARTS) is 1. The van der Waals surface area contributed by atoms with E-state index in [0.717, 1.165) is 0 Å². The van der Waals surface area contributed by atoms with E-state index in [1.165, 1.54) is 6.92 Å². The van der Waals surface area contributed by atoms with Gasteiger partial charge in [0.2, 0.25) is 0 Å². The van der Waals surface area contributed by atoms with Gasteiger partial charge in [0.25, 0.3) is 0 Å². The lowest BCUT2D eigenvalue weighted by Crippen LogP contribution is -2.56. The molecule has 5 nitrogen and oxygen atoms in total. The molecule has 0 aromatic heterocycles. The highest BCUT2D eigenvalue weighted by atomic mass is 35.5. The fraction of sp³-hybridized carbons (Fsp3) is 0.750. The van der Waals surface area contributed by atoms with Gasteiger partial charge in [-0.25, -0.2) is 0 Å². The Morgan fingerprint density at radius 3 is 2.53 bits per heavy atom. The molecule has 88 valence electrons. The predicted octanol–water partition coefficient (Wildman–Crippen LogP) is 0.0713. The molecule has 5 N–H and O–H groups in total. The van der Waals surface area contributed by atoms with Crippen molar-refractivity contribution in [1.29, 1.82) is 0 Å². The molecule has 0 fully saturated rings. The summed E-state index contributed by atoms with van der Waals surface area (Å²) in [5, 5.41) is 7.55. The van der Waals surface area contributed by atoms with Gasteiger partial charge in [0.05, 0.1) is 17.8 Å². The van der Waals surface area contributed by atoms with Crippen LogP contribution in [0.4, 0.5) is 0 Å². The lowest BCUT2D eigenvalue weighted by molar-refractivity contribution is -0.142. The molecular weight excluding hydrogens is 238 g/mol. The molecule has 0 heterocycles. The van der Waals surface area contributed by atoms with Gasteiger partial charge < -0.3 is 16.6 Å². The Morgan fingerprint density at radius 1 is 1.73 bits per heavy atom. The summed E-state index contributed by atoms with van der Waals surface area (Å²) in [4.78, 5) is 14.7. The molecule has 2 unspecified atom stereocenters. The van der Waals surface area contributed by atoms with Crippen molar-refractivity contribution in [2.24, 2.45) is 16.5 Å². The summed E-state index contributed by atoms with van der Waals surface area (Å²) in [5.74, 6) is -0.767.